The van der Waals surface area contributed by atoms with Crippen molar-refractivity contribution in [2.45, 2.75) is 29.3 Å². The Morgan fingerprint density at radius 1 is 1.40 bits per heavy atom. The summed E-state index contributed by atoms with van der Waals surface area (Å²) in [5.41, 5.74) is -1.26. The molecule has 1 aromatic rings. The molecule has 7 nitrogen and oxygen atoms in total. The molecule has 0 radical (unpaired) electrons. The molecule has 0 unspecified atom stereocenters. The minimum absolute atomic E-state index is 0.0376. The minimum atomic E-state index is -1.73. The number of aliphatic hydroxyl groups is 3. The molecule has 2 heterocycles. The van der Waals surface area contributed by atoms with Gasteiger partial charge in [0.25, 0.3) is 5.56 Å². The predicted molar refractivity (Wildman–Crippen MR) is 70.5 cm³/mol. The Hall–Kier alpha value is -1.16. The standard InChI is InChI=1S/C11H15FN2O5S/c12-7-8(17)6(4-16)20-10(7)14-3-5(1-2-15)9(18)13-11(14)19/h3,6-8,10,15-17H,1-2,4H2,(H,13,18,19)/t6-,7+,8-,10-/m1/s1. The van der Waals surface area contributed by atoms with Gasteiger partial charge >= 0.3 is 5.69 Å². The van der Waals surface area contributed by atoms with Crippen LogP contribution in [0.2, 0.25) is 0 Å². The smallest absolute Gasteiger partial charge is 0.329 e. The summed E-state index contributed by atoms with van der Waals surface area (Å²) in [6.45, 7) is -0.690. The Morgan fingerprint density at radius 3 is 2.65 bits per heavy atom. The highest BCUT2D eigenvalue weighted by Crippen LogP contribution is 2.42. The lowest BCUT2D eigenvalue weighted by Gasteiger charge is -2.16. The average molecular weight is 306 g/mol. The van der Waals surface area contributed by atoms with Gasteiger partial charge in [0.05, 0.1) is 11.9 Å². The quantitative estimate of drug-likeness (QED) is 0.531. The summed E-state index contributed by atoms with van der Waals surface area (Å²) in [5.74, 6) is 0. The summed E-state index contributed by atoms with van der Waals surface area (Å²) >= 11 is 0.930. The molecule has 9 heteroatoms. The van der Waals surface area contributed by atoms with Crippen molar-refractivity contribution in [3.8, 4) is 0 Å². The number of aromatic amines is 1. The molecule has 20 heavy (non-hydrogen) atoms. The lowest BCUT2D eigenvalue weighted by Crippen LogP contribution is -2.37. The van der Waals surface area contributed by atoms with Gasteiger partial charge < -0.3 is 15.3 Å². The number of aliphatic hydroxyl groups excluding tert-OH is 3. The lowest BCUT2D eigenvalue weighted by molar-refractivity contribution is 0.0630. The summed E-state index contributed by atoms with van der Waals surface area (Å²) in [6, 6.07) is 0. The second-order valence-corrected chi connectivity index (χ2v) is 5.84. The highest BCUT2D eigenvalue weighted by Gasteiger charge is 2.44. The lowest BCUT2D eigenvalue weighted by atomic mass is 10.1. The van der Waals surface area contributed by atoms with Crippen LogP contribution in [-0.4, -0.2) is 55.6 Å². The third-order valence-electron chi connectivity index (χ3n) is 3.17. The Balaban J connectivity index is 2.40. The summed E-state index contributed by atoms with van der Waals surface area (Å²) in [5, 5.41) is 25.8. The van der Waals surface area contributed by atoms with E-state index in [0.717, 1.165) is 16.3 Å². The van der Waals surface area contributed by atoms with Crippen LogP contribution in [0.4, 0.5) is 4.39 Å². The zero-order valence-corrected chi connectivity index (χ0v) is 11.2. The number of aromatic nitrogens is 2. The molecule has 0 aliphatic carbocycles. The number of nitrogens with one attached hydrogen (secondary N) is 1. The maximum absolute atomic E-state index is 14.0. The van der Waals surface area contributed by atoms with Gasteiger partial charge in [0.15, 0.2) is 6.17 Å². The second kappa shape index (κ2) is 6.08. The minimum Gasteiger partial charge on any atom is -0.396 e. The van der Waals surface area contributed by atoms with Crippen LogP contribution in [0.15, 0.2) is 15.8 Å². The van der Waals surface area contributed by atoms with Crippen LogP contribution in [0.5, 0.6) is 0 Å². The number of nitrogens with zero attached hydrogens (tertiary/aromatic N) is 1. The van der Waals surface area contributed by atoms with E-state index in [1.165, 1.54) is 6.20 Å². The van der Waals surface area contributed by atoms with Crippen LogP contribution in [0, 0.1) is 0 Å². The molecule has 1 saturated heterocycles. The van der Waals surface area contributed by atoms with E-state index in [0.29, 0.717) is 0 Å². The first-order valence-electron chi connectivity index (χ1n) is 6.03. The molecular weight excluding hydrogens is 291 g/mol. The van der Waals surface area contributed by atoms with E-state index in [9.17, 15) is 19.1 Å². The second-order valence-electron chi connectivity index (χ2n) is 4.48. The van der Waals surface area contributed by atoms with Crippen molar-refractivity contribution in [1.82, 2.24) is 9.55 Å². The first-order valence-corrected chi connectivity index (χ1v) is 6.97. The number of rotatable bonds is 4. The van der Waals surface area contributed by atoms with E-state index in [1.807, 2.05) is 0 Å². The molecule has 0 saturated carbocycles. The summed E-state index contributed by atoms with van der Waals surface area (Å²) in [7, 11) is 0. The molecular formula is C11H15FN2O5S. The van der Waals surface area contributed by atoms with Crippen molar-refractivity contribution in [1.29, 1.82) is 0 Å². The highest BCUT2D eigenvalue weighted by atomic mass is 32.2. The van der Waals surface area contributed by atoms with Crippen molar-refractivity contribution in [3.63, 3.8) is 0 Å². The third kappa shape index (κ3) is 2.66. The molecule has 1 aliphatic heterocycles. The molecule has 1 aromatic heterocycles. The average Bonchev–Trinajstić information content (AvgIpc) is 2.70. The van der Waals surface area contributed by atoms with E-state index >= 15 is 0 Å². The number of hydrogen-bond acceptors (Lipinski definition) is 6. The van der Waals surface area contributed by atoms with Gasteiger partial charge in [-0.3, -0.25) is 14.3 Å². The van der Waals surface area contributed by atoms with Gasteiger partial charge in [0.2, 0.25) is 0 Å². The molecule has 0 aromatic carbocycles. The van der Waals surface area contributed by atoms with Crippen LogP contribution in [0.25, 0.3) is 0 Å². The van der Waals surface area contributed by atoms with Crippen LogP contribution in [-0.2, 0) is 6.42 Å². The molecule has 4 atom stereocenters. The first kappa shape index (κ1) is 15.2. The first-order chi connectivity index (χ1) is 9.49. The van der Waals surface area contributed by atoms with Gasteiger partial charge in [-0.1, -0.05) is 0 Å². The molecule has 2 rings (SSSR count). The fourth-order valence-corrected chi connectivity index (χ4v) is 3.45. The maximum atomic E-state index is 14.0. The monoisotopic (exact) mass is 306 g/mol. The van der Waals surface area contributed by atoms with Crippen molar-refractivity contribution in [3.05, 3.63) is 32.6 Å². The van der Waals surface area contributed by atoms with Crippen molar-refractivity contribution >= 4 is 11.8 Å². The van der Waals surface area contributed by atoms with Gasteiger partial charge in [-0.15, -0.1) is 11.8 Å². The van der Waals surface area contributed by atoms with E-state index in [4.69, 9.17) is 10.2 Å². The van der Waals surface area contributed by atoms with Crippen molar-refractivity contribution in [2.75, 3.05) is 13.2 Å². The molecule has 0 spiro atoms. The number of thioether (sulfide) groups is 1. The third-order valence-corrected chi connectivity index (χ3v) is 4.71. The SMILES string of the molecule is O=c1[nH]c(=O)n([C@@H]2S[C@H](CO)[C@@H](O)[C@@H]2F)cc1CCO. The topological polar surface area (TPSA) is 116 Å². The molecule has 112 valence electrons. The summed E-state index contributed by atoms with van der Waals surface area (Å²) in [6.07, 6.45) is -1.89. The van der Waals surface area contributed by atoms with Gasteiger partial charge in [-0.05, 0) is 0 Å². The van der Waals surface area contributed by atoms with Crippen LogP contribution in [0.3, 0.4) is 0 Å². The highest BCUT2D eigenvalue weighted by molar-refractivity contribution is 8.00. The number of H-pyrrole nitrogens is 1. The molecule has 4 N–H and O–H groups in total. The summed E-state index contributed by atoms with van der Waals surface area (Å²) in [4.78, 5) is 25.3. The normalized spacial score (nSPS) is 29.8. The number of halogens is 1. The van der Waals surface area contributed by atoms with E-state index in [-0.39, 0.29) is 18.6 Å². The van der Waals surface area contributed by atoms with E-state index < -0.39 is 40.8 Å². The fourth-order valence-electron chi connectivity index (χ4n) is 2.09. The van der Waals surface area contributed by atoms with Gasteiger partial charge in [0.1, 0.15) is 11.5 Å². The van der Waals surface area contributed by atoms with Crippen LogP contribution < -0.4 is 11.2 Å². The Labute approximate surface area is 117 Å². The fraction of sp³-hybridized carbons (Fsp3) is 0.636. The Kier molecular flexibility index (Phi) is 4.63. The van der Waals surface area contributed by atoms with Gasteiger partial charge in [-0.2, -0.15) is 0 Å². The molecule has 0 amide bonds. The zero-order chi connectivity index (χ0) is 14.9. The Bertz CT molecular complexity index is 589. The summed E-state index contributed by atoms with van der Waals surface area (Å²) < 4.78 is 15.0. The van der Waals surface area contributed by atoms with E-state index in [2.05, 4.69) is 4.98 Å². The molecule has 1 aliphatic rings. The van der Waals surface area contributed by atoms with Crippen LogP contribution in [0.1, 0.15) is 10.9 Å². The van der Waals surface area contributed by atoms with Crippen molar-refractivity contribution in [2.24, 2.45) is 0 Å². The zero-order valence-electron chi connectivity index (χ0n) is 10.4. The van der Waals surface area contributed by atoms with Crippen LogP contribution >= 0.6 is 11.8 Å². The maximum Gasteiger partial charge on any atom is 0.329 e. The predicted octanol–water partition coefficient (Wildman–Crippen LogP) is -1.62. The van der Waals surface area contributed by atoms with Gasteiger partial charge in [-0.25, -0.2) is 9.18 Å². The van der Waals surface area contributed by atoms with E-state index in [1.54, 1.807) is 0 Å². The molecule has 1 fully saturated rings. The van der Waals surface area contributed by atoms with Crippen molar-refractivity contribution < 1.29 is 19.7 Å². The number of alkyl halides is 1. The Morgan fingerprint density at radius 2 is 2.10 bits per heavy atom. The van der Waals surface area contributed by atoms with Gasteiger partial charge in [0, 0.05) is 24.8 Å². The molecule has 0 bridgehead atoms. The largest absolute Gasteiger partial charge is 0.396 e. The number of hydrogen-bond donors (Lipinski definition) is 4.